The van der Waals surface area contributed by atoms with Crippen LogP contribution in [0, 0.1) is 5.82 Å². The first-order valence-corrected chi connectivity index (χ1v) is 9.63. The molecule has 3 saturated heterocycles. The summed E-state index contributed by atoms with van der Waals surface area (Å²) in [4.78, 5) is 27.3. The van der Waals surface area contributed by atoms with Gasteiger partial charge in [-0.25, -0.2) is 9.18 Å². The summed E-state index contributed by atoms with van der Waals surface area (Å²) in [7, 11) is 0. The van der Waals surface area contributed by atoms with Crippen molar-refractivity contribution in [3.8, 4) is 0 Å². The van der Waals surface area contributed by atoms with Crippen molar-refractivity contribution >= 4 is 11.9 Å². The Balaban J connectivity index is 0.00000272. The molecule has 3 heterocycles. The molecule has 1 aromatic carbocycles. The number of piperidine rings is 1. The molecule has 1 aromatic rings. The molecule has 166 valence electrons. The minimum Gasteiger partial charge on any atom is -0.370 e. The van der Waals surface area contributed by atoms with Crippen LogP contribution in [0.4, 0.5) is 22.4 Å². The fourth-order valence-corrected chi connectivity index (χ4v) is 3.82. The van der Waals surface area contributed by atoms with E-state index in [-0.39, 0.29) is 50.4 Å². The van der Waals surface area contributed by atoms with Gasteiger partial charge in [0.25, 0.3) is 0 Å². The topological polar surface area (TPSA) is 71.1 Å². The van der Waals surface area contributed by atoms with Crippen molar-refractivity contribution in [2.24, 2.45) is 0 Å². The minimum absolute atomic E-state index is 0. The zero-order valence-electron chi connectivity index (χ0n) is 16.0. The van der Waals surface area contributed by atoms with Crippen molar-refractivity contribution in [3.63, 3.8) is 0 Å². The quantitative estimate of drug-likeness (QED) is 0.741. The number of carbonyl (C=O) groups excluding carboxylic acids is 2. The van der Waals surface area contributed by atoms with Crippen molar-refractivity contribution in [1.29, 1.82) is 0 Å². The van der Waals surface area contributed by atoms with Gasteiger partial charge in [0.1, 0.15) is 12.4 Å². The average Bonchev–Trinajstić information content (AvgIpc) is 2.66. The molecule has 0 unspecified atom stereocenters. The molecular formula is C19H23F4N3O4. The average molecular weight is 433 g/mol. The van der Waals surface area contributed by atoms with E-state index in [0.29, 0.717) is 38.7 Å². The van der Waals surface area contributed by atoms with Crippen molar-refractivity contribution in [2.75, 3.05) is 32.8 Å². The highest BCUT2D eigenvalue weighted by atomic mass is 19.4. The first-order valence-electron chi connectivity index (χ1n) is 9.63. The van der Waals surface area contributed by atoms with Crippen LogP contribution in [0.25, 0.3) is 0 Å². The number of likely N-dealkylation sites (tertiary alicyclic amines) is 2. The fraction of sp³-hybridized carbons (Fsp3) is 0.579. The maximum absolute atomic E-state index is 13.9. The van der Waals surface area contributed by atoms with Crippen LogP contribution in [-0.4, -0.2) is 72.8 Å². The number of urea groups is 1. The third kappa shape index (κ3) is 4.36. The summed E-state index contributed by atoms with van der Waals surface area (Å²) in [5.41, 5.74) is -1.02. The van der Waals surface area contributed by atoms with E-state index < -0.39 is 17.6 Å². The van der Waals surface area contributed by atoms with Crippen LogP contribution in [0.2, 0.25) is 0 Å². The van der Waals surface area contributed by atoms with Crippen LogP contribution < -0.4 is 5.32 Å². The van der Waals surface area contributed by atoms with E-state index in [0.717, 1.165) is 12.1 Å². The third-order valence-electron chi connectivity index (χ3n) is 5.57. The summed E-state index contributed by atoms with van der Waals surface area (Å²) in [6, 6.07) is 1.93. The molecule has 0 aromatic heterocycles. The van der Waals surface area contributed by atoms with Crippen LogP contribution in [0.15, 0.2) is 18.2 Å². The minimum atomic E-state index is -4.60. The zero-order valence-corrected chi connectivity index (χ0v) is 16.0. The Labute approximate surface area is 171 Å². The second-order valence-electron chi connectivity index (χ2n) is 7.68. The number of nitrogens with one attached hydrogen (secondary N) is 1. The molecule has 3 fully saturated rings. The molecular weight excluding hydrogens is 410 g/mol. The lowest BCUT2D eigenvalue weighted by atomic mass is 10.0. The molecule has 4 rings (SSSR count). The first kappa shape index (κ1) is 20.9. The number of nitrogens with zero attached hydrogens (tertiary/aromatic N) is 2. The summed E-state index contributed by atoms with van der Waals surface area (Å²) in [6.07, 6.45) is -4.36. The normalized spacial score (nSPS) is 24.9. The standard InChI is InChI=1S/C19H21F4N3O4.H2/c20-14-5-12(19(21,22)23)2-1-11(14)9-29-13-6-26(7-13)18(28)25-4-3-16-15(8-25)24-17(27)10-30-16;/h1-2,5,13,15-16H,3-4,6-10H2,(H,24,27);1H/t15-,16+;/m0./s1. The number of benzene rings is 1. The fourth-order valence-electron chi connectivity index (χ4n) is 3.82. The summed E-state index contributed by atoms with van der Waals surface area (Å²) in [5, 5.41) is 2.84. The molecule has 11 heteroatoms. The van der Waals surface area contributed by atoms with Crippen molar-refractivity contribution in [1.82, 2.24) is 15.1 Å². The van der Waals surface area contributed by atoms with E-state index in [1.54, 1.807) is 9.80 Å². The molecule has 3 aliphatic rings. The van der Waals surface area contributed by atoms with Crippen LogP contribution in [-0.2, 0) is 27.1 Å². The van der Waals surface area contributed by atoms with Gasteiger partial charge in [-0.3, -0.25) is 4.79 Å². The van der Waals surface area contributed by atoms with Crippen molar-refractivity contribution < 1.29 is 38.1 Å². The molecule has 3 amide bonds. The predicted molar refractivity (Wildman–Crippen MR) is 96.9 cm³/mol. The second kappa shape index (κ2) is 8.03. The lowest BCUT2D eigenvalue weighted by Gasteiger charge is -2.45. The monoisotopic (exact) mass is 433 g/mol. The molecule has 0 radical (unpaired) electrons. The van der Waals surface area contributed by atoms with Gasteiger partial charge >= 0.3 is 12.2 Å². The number of carbonyl (C=O) groups is 2. The number of hydrogen-bond acceptors (Lipinski definition) is 4. The van der Waals surface area contributed by atoms with Gasteiger partial charge in [0.05, 0.1) is 43.5 Å². The molecule has 7 nitrogen and oxygen atoms in total. The molecule has 0 bridgehead atoms. The Morgan fingerprint density at radius 1 is 1.27 bits per heavy atom. The molecule has 0 spiro atoms. The second-order valence-corrected chi connectivity index (χ2v) is 7.68. The SMILES string of the molecule is O=C1CO[C@@H]2CCN(C(=O)N3CC(OCc4ccc(C(F)(F)F)cc4F)C3)C[C@@H]2N1.[HH]. The van der Waals surface area contributed by atoms with Gasteiger partial charge in [0.15, 0.2) is 0 Å². The summed E-state index contributed by atoms with van der Waals surface area (Å²) in [6.45, 7) is 1.39. The number of morpholine rings is 1. The first-order chi connectivity index (χ1) is 14.2. The molecule has 1 N–H and O–H groups in total. The molecule has 2 atom stereocenters. The maximum Gasteiger partial charge on any atom is 0.416 e. The highest BCUT2D eigenvalue weighted by Crippen LogP contribution is 2.30. The van der Waals surface area contributed by atoms with Gasteiger partial charge in [0, 0.05) is 20.1 Å². The largest absolute Gasteiger partial charge is 0.416 e. The lowest BCUT2D eigenvalue weighted by molar-refractivity contribution is -0.140. The van der Waals surface area contributed by atoms with Gasteiger partial charge in [-0.2, -0.15) is 13.2 Å². The maximum atomic E-state index is 13.9. The van der Waals surface area contributed by atoms with Gasteiger partial charge in [0.2, 0.25) is 5.91 Å². The Bertz CT molecular complexity index is 835. The summed E-state index contributed by atoms with van der Waals surface area (Å²) >= 11 is 0. The number of amides is 3. The van der Waals surface area contributed by atoms with E-state index in [1.165, 1.54) is 0 Å². The Hall–Kier alpha value is -2.40. The van der Waals surface area contributed by atoms with Crippen LogP contribution in [0.1, 0.15) is 19.0 Å². The number of alkyl halides is 3. The Morgan fingerprint density at radius 2 is 2.03 bits per heavy atom. The van der Waals surface area contributed by atoms with Gasteiger partial charge < -0.3 is 24.6 Å². The molecule has 30 heavy (non-hydrogen) atoms. The zero-order chi connectivity index (χ0) is 21.5. The highest BCUT2D eigenvalue weighted by Gasteiger charge is 2.40. The Kier molecular flexibility index (Phi) is 5.58. The van der Waals surface area contributed by atoms with Crippen LogP contribution in [0.5, 0.6) is 0 Å². The molecule has 3 aliphatic heterocycles. The molecule has 0 aliphatic carbocycles. The summed E-state index contributed by atoms with van der Waals surface area (Å²) < 4.78 is 62.7. The van der Waals surface area contributed by atoms with E-state index in [1.807, 2.05) is 0 Å². The van der Waals surface area contributed by atoms with Crippen LogP contribution in [0.3, 0.4) is 0 Å². The van der Waals surface area contributed by atoms with Gasteiger partial charge in [-0.15, -0.1) is 0 Å². The van der Waals surface area contributed by atoms with Gasteiger partial charge in [-0.05, 0) is 18.6 Å². The van der Waals surface area contributed by atoms with Crippen LogP contribution >= 0.6 is 0 Å². The molecule has 0 saturated carbocycles. The Morgan fingerprint density at radius 3 is 2.73 bits per heavy atom. The van der Waals surface area contributed by atoms with Crippen molar-refractivity contribution in [3.05, 3.63) is 35.1 Å². The third-order valence-corrected chi connectivity index (χ3v) is 5.57. The number of fused-ring (bicyclic) bond motifs is 1. The van der Waals surface area contributed by atoms with E-state index in [9.17, 15) is 27.2 Å². The highest BCUT2D eigenvalue weighted by molar-refractivity contribution is 5.79. The lowest BCUT2D eigenvalue weighted by Crippen LogP contribution is -2.65. The van der Waals surface area contributed by atoms with Gasteiger partial charge in [-0.1, -0.05) is 6.07 Å². The van der Waals surface area contributed by atoms with E-state index >= 15 is 0 Å². The predicted octanol–water partition coefficient (Wildman–Crippen LogP) is 2.00. The summed E-state index contributed by atoms with van der Waals surface area (Å²) in [5.74, 6) is -1.17. The van der Waals surface area contributed by atoms with E-state index in [4.69, 9.17) is 9.47 Å². The van der Waals surface area contributed by atoms with E-state index in [2.05, 4.69) is 5.32 Å². The number of hydrogen-bond donors (Lipinski definition) is 1. The number of ether oxygens (including phenoxy) is 2. The number of rotatable bonds is 3. The smallest absolute Gasteiger partial charge is 0.370 e. The van der Waals surface area contributed by atoms with Crippen molar-refractivity contribution in [2.45, 2.75) is 37.5 Å². The number of halogens is 4.